The van der Waals surface area contributed by atoms with E-state index in [-0.39, 0.29) is 12.2 Å². The molecule has 0 radical (unpaired) electrons. The summed E-state index contributed by atoms with van der Waals surface area (Å²) in [6.07, 6.45) is -0.00317. The average Bonchev–Trinajstić information content (AvgIpc) is 2.13. The maximum Gasteiger partial charge on any atom is 0.267 e. The van der Waals surface area contributed by atoms with Gasteiger partial charge in [0.2, 0.25) is 0 Å². The van der Waals surface area contributed by atoms with E-state index in [0.717, 1.165) is 7.11 Å². The summed E-state index contributed by atoms with van der Waals surface area (Å²) in [4.78, 5) is 0. The quantitative estimate of drug-likeness (QED) is 0.410. The third kappa shape index (κ3) is 7.64. The van der Waals surface area contributed by atoms with E-state index in [0.29, 0.717) is 0 Å². The molecule has 0 aliphatic rings. The van der Waals surface area contributed by atoms with Crippen LogP contribution in [0.25, 0.3) is 0 Å². The summed E-state index contributed by atoms with van der Waals surface area (Å²) in [6.45, 7) is 1.50. The summed E-state index contributed by atoms with van der Waals surface area (Å²) < 4.78 is 56.1. The SMILES string of the molecule is CC#CC(CCS(=O)(=O)OC)CS(=O)(=O)O. The van der Waals surface area contributed by atoms with E-state index >= 15 is 0 Å². The lowest BCUT2D eigenvalue weighted by molar-refractivity contribution is 0.394. The minimum Gasteiger partial charge on any atom is -0.286 e. The first kappa shape index (κ1) is 15.4. The van der Waals surface area contributed by atoms with Crippen LogP contribution in [-0.4, -0.2) is 40.0 Å². The Kier molecular flexibility index (Phi) is 5.96. The van der Waals surface area contributed by atoms with E-state index in [4.69, 9.17) is 4.55 Å². The first-order chi connectivity index (χ1) is 7.20. The van der Waals surface area contributed by atoms with Crippen LogP contribution >= 0.6 is 0 Å². The highest BCUT2D eigenvalue weighted by Crippen LogP contribution is 2.08. The first-order valence-corrected chi connectivity index (χ1v) is 7.54. The highest BCUT2D eigenvalue weighted by Gasteiger charge is 2.18. The van der Waals surface area contributed by atoms with Crippen molar-refractivity contribution in [2.45, 2.75) is 13.3 Å². The topological polar surface area (TPSA) is 97.7 Å². The molecule has 8 heteroatoms. The van der Waals surface area contributed by atoms with E-state index in [2.05, 4.69) is 16.0 Å². The van der Waals surface area contributed by atoms with E-state index in [1.807, 2.05) is 0 Å². The normalized spacial score (nSPS) is 13.9. The number of hydrogen-bond acceptors (Lipinski definition) is 5. The van der Waals surface area contributed by atoms with Gasteiger partial charge in [-0.3, -0.25) is 8.74 Å². The van der Waals surface area contributed by atoms with Gasteiger partial charge in [-0.15, -0.1) is 5.92 Å². The Hall–Kier alpha value is -0.620. The van der Waals surface area contributed by atoms with Gasteiger partial charge in [0, 0.05) is 5.92 Å². The fraction of sp³-hybridized carbons (Fsp3) is 0.750. The summed E-state index contributed by atoms with van der Waals surface area (Å²) in [6, 6.07) is 0. The summed E-state index contributed by atoms with van der Waals surface area (Å²) >= 11 is 0. The third-order valence-corrected chi connectivity index (χ3v) is 3.80. The number of rotatable bonds is 6. The van der Waals surface area contributed by atoms with Gasteiger partial charge < -0.3 is 0 Å². The van der Waals surface area contributed by atoms with E-state index in [1.165, 1.54) is 6.92 Å². The van der Waals surface area contributed by atoms with Gasteiger partial charge in [0.1, 0.15) is 0 Å². The molecule has 1 unspecified atom stereocenters. The lowest BCUT2D eigenvalue weighted by Gasteiger charge is -2.08. The molecule has 0 amide bonds. The van der Waals surface area contributed by atoms with Crippen LogP contribution in [-0.2, 0) is 24.4 Å². The Labute approximate surface area is 95.9 Å². The summed E-state index contributed by atoms with van der Waals surface area (Å²) in [5.41, 5.74) is 0. The second kappa shape index (κ2) is 6.20. The standard InChI is InChI=1S/C8H14O6S2/c1-3-4-8(7-15(9,10)11)5-6-16(12,13)14-2/h8H,5-7H2,1-2H3,(H,9,10,11). The molecule has 0 rings (SSSR count). The molecular weight excluding hydrogens is 256 g/mol. The molecule has 94 valence electrons. The van der Waals surface area contributed by atoms with Gasteiger partial charge in [-0.25, -0.2) is 0 Å². The summed E-state index contributed by atoms with van der Waals surface area (Å²) in [7, 11) is -6.76. The molecule has 0 aliphatic carbocycles. The van der Waals surface area contributed by atoms with Crippen LogP contribution in [0.5, 0.6) is 0 Å². The smallest absolute Gasteiger partial charge is 0.267 e. The van der Waals surface area contributed by atoms with Crippen molar-refractivity contribution in [1.29, 1.82) is 0 Å². The first-order valence-electron chi connectivity index (χ1n) is 4.36. The molecule has 0 saturated carbocycles. The fourth-order valence-corrected chi connectivity index (χ4v) is 2.52. The van der Waals surface area contributed by atoms with E-state index < -0.39 is 31.9 Å². The Balaban J connectivity index is 4.53. The summed E-state index contributed by atoms with van der Waals surface area (Å²) in [5, 5.41) is 0. The second-order valence-corrected chi connectivity index (χ2v) is 6.41. The third-order valence-electron chi connectivity index (χ3n) is 1.73. The Morgan fingerprint density at radius 2 is 1.88 bits per heavy atom. The molecule has 0 aromatic rings. The largest absolute Gasteiger partial charge is 0.286 e. The van der Waals surface area contributed by atoms with Gasteiger partial charge in [0.15, 0.2) is 0 Å². The van der Waals surface area contributed by atoms with Gasteiger partial charge in [-0.1, -0.05) is 5.92 Å². The molecule has 6 nitrogen and oxygen atoms in total. The van der Waals surface area contributed by atoms with Crippen molar-refractivity contribution in [2.75, 3.05) is 18.6 Å². The fourth-order valence-electron chi connectivity index (χ4n) is 1.03. The predicted octanol–water partition coefficient (Wildman–Crippen LogP) is -0.120. The maximum atomic E-state index is 11.0. The maximum absolute atomic E-state index is 11.0. The molecule has 0 aliphatic heterocycles. The molecule has 1 atom stereocenters. The lowest BCUT2D eigenvalue weighted by atomic mass is 10.1. The Bertz CT molecular complexity index is 464. The highest BCUT2D eigenvalue weighted by atomic mass is 32.2. The zero-order valence-electron chi connectivity index (χ0n) is 9.00. The van der Waals surface area contributed by atoms with Crippen molar-refractivity contribution < 1.29 is 25.6 Å². The van der Waals surface area contributed by atoms with Crippen molar-refractivity contribution >= 4 is 20.2 Å². The van der Waals surface area contributed by atoms with E-state index in [1.54, 1.807) is 0 Å². The molecule has 16 heavy (non-hydrogen) atoms. The minimum absolute atomic E-state index is 0.00317. The molecule has 0 saturated heterocycles. The molecule has 1 N–H and O–H groups in total. The monoisotopic (exact) mass is 270 g/mol. The Morgan fingerprint density at radius 1 is 1.31 bits per heavy atom. The van der Waals surface area contributed by atoms with Crippen LogP contribution in [0.15, 0.2) is 0 Å². The Morgan fingerprint density at radius 3 is 2.25 bits per heavy atom. The molecule has 0 aromatic heterocycles. The van der Waals surface area contributed by atoms with Crippen LogP contribution in [0.1, 0.15) is 13.3 Å². The lowest BCUT2D eigenvalue weighted by Crippen LogP contribution is -2.18. The van der Waals surface area contributed by atoms with Crippen LogP contribution in [0, 0.1) is 17.8 Å². The molecule has 0 heterocycles. The van der Waals surface area contributed by atoms with Crippen molar-refractivity contribution in [3.05, 3.63) is 0 Å². The second-order valence-electron chi connectivity index (χ2n) is 3.06. The zero-order chi connectivity index (χ0) is 12.8. The van der Waals surface area contributed by atoms with Gasteiger partial charge in [-0.05, 0) is 13.3 Å². The van der Waals surface area contributed by atoms with Gasteiger partial charge in [0.25, 0.3) is 20.2 Å². The summed E-state index contributed by atoms with van der Waals surface area (Å²) in [5.74, 6) is 3.38. The van der Waals surface area contributed by atoms with Crippen LogP contribution < -0.4 is 0 Å². The van der Waals surface area contributed by atoms with Crippen molar-refractivity contribution in [1.82, 2.24) is 0 Å². The minimum atomic E-state index is -4.16. The van der Waals surface area contributed by atoms with Gasteiger partial charge in [-0.2, -0.15) is 16.8 Å². The van der Waals surface area contributed by atoms with Crippen LogP contribution in [0.2, 0.25) is 0 Å². The molecule has 0 spiro atoms. The van der Waals surface area contributed by atoms with Crippen molar-refractivity contribution in [3.63, 3.8) is 0 Å². The molecule has 0 bridgehead atoms. The van der Waals surface area contributed by atoms with E-state index in [9.17, 15) is 16.8 Å². The zero-order valence-corrected chi connectivity index (χ0v) is 10.6. The van der Waals surface area contributed by atoms with Crippen LogP contribution in [0.3, 0.4) is 0 Å². The molecule has 0 fully saturated rings. The van der Waals surface area contributed by atoms with Gasteiger partial charge in [0.05, 0.1) is 18.6 Å². The predicted molar refractivity (Wildman–Crippen MR) is 58.8 cm³/mol. The van der Waals surface area contributed by atoms with Crippen molar-refractivity contribution in [3.8, 4) is 11.8 Å². The highest BCUT2D eigenvalue weighted by molar-refractivity contribution is 7.86. The molecule has 0 aromatic carbocycles. The number of hydrogen-bond donors (Lipinski definition) is 1. The molecular formula is C8H14O6S2. The van der Waals surface area contributed by atoms with Crippen LogP contribution in [0.4, 0.5) is 0 Å². The average molecular weight is 270 g/mol. The van der Waals surface area contributed by atoms with Crippen molar-refractivity contribution in [2.24, 2.45) is 5.92 Å². The van der Waals surface area contributed by atoms with Gasteiger partial charge >= 0.3 is 0 Å².